The summed E-state index contributed by atoms with van der Waals surface area (Å²) in [4.78, 5) is 24.8. The Hall–Kier alpha value is -1.89. The molecule has 0 unspecified atom stereocenters. The van der Waals surface area contributed by atoms with Crippen LogP contribution in [0.25, 0.3) is 0 Å². The third kappa shape index (κ3) is 4.64. The molecule has 0 saturated heterocycles. The van der Waals surface area contributed by atoms with E-state index in [-0.39, 0.29) is 12.8 Å². The van der Waals surface area contributed by atoms with Gasteiger partial charge in [-0.15, -0.1) is 0 Å². The fourth-order valence-electron chi connectivity index (χ4n) is 1.36. The quantitative estimate of drug-likeness (QED) is 0.603. The minimum Gasteiger partial charge on any atom is -0.481 e. The number of carbonyl (C=O) groups is 2. The molecule has 0 aliphatic carbocycles. The fraction of sp³-hybridized carbons (Fsp3) is 0.500. The van der Waals surface area contributed by atoms with E-state index in [4.69, 9.17) is 15.9 Å². The summed E-state index contributed by atoms with van der Waals surface area (Å²) in [5, 5.41) is 17.1. The molecule has 17 heavy (non-hydrogen) atoms. The molecule has 7 nitrogen and oxygen atoms in total. The van der Waals surface area contributed by atoms with Crippen LogP contribution in [0.5, 0.6) is 0 Å². The number of rotatable bonds is 7. The summed E-state index contributed by atoms with van der Waals surface area (Å²) >= 11 is 0. The Labute approximate surface area is 97.9 Å². The normalized spacial score (nSPS) is 12.3. The molecule has 1 rings (SSSR count). The zero-order valence-electron chi connectivity index (χ0n) is 9.24. The maximum Gasteiger partial charge on any atom is 0.320 e. The molecule has 7 heteroatoms. The highest BCUT2D eigenvalue weighted by molar-refractivity contribution is 5.73. The predicted molar refractivity (Wildman–Crippen MR) is 58.4 cm³/mol. The van der Waals surface area contributed by atoms with Crippen LogP contribution in [0.2, 0.25) is 0 Å². The van der Waals surface area contributed by atoms with Crippen LogP contribution in [0.4, 0.5) is 0 Å². The van der Waals surface area contributed by atoms with Gasteiger partial charge < -0.3 is 20.5 Å². The molecule has 1 aromatic rings. The Morgan fingerprint density at radius 1 is 1.47 bits per heavy atom. The highest BCUT2D eigenvalue weighted by atomic mass is 16.4. The van der Waals surface area contributed by atoms with Crippen molar-refractivity contribution in [3.05, 3.63) is 18.2 Å². The molecule has 0 bridgehead atoms. The SMILES string of the molecule is N[C@@H](Cc1cn(CCCC(=O)O)cn1)C(=O)O. The van der Waals surface area contributed by atoms with Crippen LogP contribution in [0.1, 0.15) is 18.5 Å². The largest absolute Gasteiger partial charge is 0.481 e. The van der Waals surface area contributed by atoms with Crippen molar-refractivity contribution in [2.24, 2.45) is 5.73 Å². The predicted octanol–water partition coefficient (Wildman–Crippen LogP) is -0.298. The molecular formula is C10H15N3O4. The van der Waals surface area contributed by atoms with Crippen molar-refractivity contribution in [1.82, 2.24) is 9.55 Å². The van der Waals surface area contributed by atoms with Gasteiger partial charge in [-0.25, -0.2) is 4.98 Å². The topological polar surface area (TPSA) is 118 Å². The van der Waals surface area contributed by atoms with Crippen LogP contribution in [0.3, 0.4) is 0 Å². The Kier molecular flexibility index (Phi) is 4.65. The minimum atomic E-state index is -1.06. The summed E-state index contributed by atoms with van der Waals surface area (Å²) < 4.78 is 1.73. The first-order chi connectivity index (χ1) is 7.99. The third-order valence-corrected chi connectivity index (χ3v) is 2.24. The first-order valence-corrected chi connectivity index (χ1v) is 5.20. The third-order valence-electron chi connectivity index (χ3n) is 2.24. The van der Waals surface area contributed by atoms with E-state index in [9.17, 15) is 9.59 Å². The lowest BCUT2D eigenvalue weighted by Gasteiger charge is -2.02. The van der Waals surface area contributed by atoms with Gasteiger partial charge in [0.25, 0.3) is 0 Å². The molecule has 1 aromatic heterocycles. The number of nitrogens with zero attached hydrogens (tertiary/aromatic N) is 2. The summed E-state index contributed by atoms with van der Waals surface area (Å²) in [6.45, 7) is 0.543. The highest BCUT2D eigenvalue weighted by Crippen LogP contribution is 2.02. The van der Waals surface area contributed by atoms with Gasteiger partial charge in [-0.05, 0) is 6.42 Å². The van der Waals surface area contributed by atoms with Crippen LogP contribution >= 0.6 is 0 Å². The molecule has 0 radical (unpaired) electrons. The summed E-state index contributed by atoms with van der Waals surface area (Å²) in [7, 11) is 0. The van der Waals surface area contributed by atoms with Crippen LogP contribution in [-0.4, -0.2) is 37.7 Å². The van der Waals surface area contributed by atoms with E-state index >= 15 is 0 Å². The van der Waals surface area contributed by atoms with Gasteiger partial charge in [-0.2, -0.15) is 0 Å². The van der Waals surface area contributed by atoms with E-state index in [1.807, 2.05) is 0 Å². The number of aliphatic carboxylic acids is 2. The van der Waals surface area contributed by atoms with Crippen molar-refractivity contribution >= 4 is 11.9 Å². The minimum absolute atomic E-state index is 0.0994. The van der Waals surface area contributed by atoms with Gasteiger partial charge >= 0.3 is 11.9 Å². The van der Waals surface area contributed by atoms with Crippen LogP contribution in [0, 0.1) is 0 Å². The fourth-order valence-corrected chi connectivity index (χ4v) is 1.36. The lowest BCUT2D eigenvalue weighted by Crippen LogP contribution is -2.32. The molecular weight excluding hydrogens is 226 g/mol. The van der Waals surface area contributed by atoms with E-state index in [1.165, 1.54) is 0 Å². The standard InChI is InChI=1S/C10H15N3O4/c11-8(10(16)17)4-7-5-13(6-12-7)3-1-2-9(14)15/h5-6,8H,1-4,11H2,(H,14,15)(H,16,17)/t8-/m0/s1. The maximum atomic E-state index is 10.5. The Morgan fingerprint density at radius 3 is 2.76 bits per heavy atom. The second-order valence-corrected chi connectivity index (χ2v) is 3.75. The monoisotopic (exact) mass is 241 g/mol. The van der Waals surface area contributed by atoms with Gasteiger partial charge in [-0.1, -0.05) is 0 Å². The van der Waals surface area contributed by atoms with Gasteiger partial charge in [0.1, 0.15) is 6.04 Å². The van der Waals surface area contributed by atoms with Crippen molar-refractivity contribution in [3.8, 4) is 0 Å². The molecule has 1 heterocycles. The lowest BCUT2D eigenvalue weighted by atomic mass is 10.2. The van der Waals surface area contributed by atoms with E-state index in [1.54, 1.807) is 17.1 Å². The number of aromatic nitrogens is 2. The zero-order valence-corrected chi connectivity index (χ0v) is 9.24. The molecule has 0 spiro atoms. The van der Waals surface area contributed by atoms with Crippen molar-refractivity contribution < 1.29 is 19.8 Å². The second kappa shape index (κ2) is 6.00. The summed E-state index contributed by atoms with van der Waals surface area (Å²) in [6.07, 6.45) is 4.01. The first kappa shape index (κ1) is 13.2. The van der Waals surface area contributed by atoms with Crippen LogP contribution in [-0.2, 0) is 22.6 Å². The smallest absolute Gasteiger partial charge is 0.320 e. The van der Waals surface area contributed by atoms with Gasteiger partial charge in [0.05, 0.1) is 12.0 Å². The van der Waals surface area contributed by atoms with Gasteiger partial charge in [0.15, 0.2) is 0 Å². The number of aryl methyl sites for hydroxylation is 1. The van der Waals surface area contributed by atoms with Crippen molar-refractivity contribution in [2.45, 2.75) is 31.8 Å². The molecule has 0 aliphatic rings. The summed E-state index contributed by atoms with van der Waals surface area (Å²) in [5.41, 5.74) is 5.96. The molecule has 0 fully saturated rings. The van der Waals surface area contributed by atoms with E-state index in [0.29, 0.717) is 18.7 Å². The highest BCUT2D eigenvalue weighted by Gasteiger charge is 2.13. The lowest BCUT2D eigenvalue weighted by molar-refractivity contribution is -0.139. The first-order valence-electron chi connectivity index (χ1n) is 5.20. The average Bonchev–Trinajstić information content (AvgIpc) is 2.65. The van der Waals surface area contributed by atoms with E-state index < -0.39 is 18.0 Å². The number of nitrogens with two attached hydrogens (primary N) is 1. The van der Waals surface area contributed by atoms with Gasteiger partial charge in [0.2, 0.25) is 0 Å². The number of hydrogen-bond acceptors (Lipinski definition) is 4. The molecule has 0 saturated carbocycles. The molecule has 1 atom stereocenters. The average molecular weight is 241 g/mol. The molecule has 0 aromatic carbocycles. The Balaban J connectivity index is 2.42. The zero-order chi connectivity index (χ0) is 12.8. The molecule has 0 aliphatic heterocycles. The van der Waals surface area contributed by atoms with Crippen molar-refractivity contribution in [3.63, 3.8) is 0 Å². The number of carboxylic acids is 2. The van der Waals surface area contributed by atoms with Crippen molar-refractivity contribution in [1.29, 1.82) is 0 Å². The van der Waals surface area contributed by atoms with Gasteiger partial charge in [0, 0.05) is 25.6 Å². The second-order valence-electron chi connectivity index (χ2n) is 3.75. The summed E-state index contributed by atoms with van der Waals surface area (Å²) in [6, 6.07) is -0.961. The number of hydrogen-bond donors (Lipinski definition) is 3. The van der Waals surface area contributed by atoms with E-state index in [2.05, 4.69) is 4.98 Å². The van der Waals surface area contributed by atoms with E-state index in [0.717, 1.165) is 0 Å². The number of carboxylic acid groups (broad SMARTS) is 2. The Morgan fingerprint density at radius 2 is 2.18 bits per heavy atom. The molecule has 0 amide bonds. The maximum absolute atomic E-state index is 10.5. The number of imidazole rings is 1. The van der Waals surface area contributed by atoms with Crippen molar-refractivity contribution in [2.75, 3.05) is 0 Å². The Bertz CT molecular complexity index is 402. The molecule has 94 valence electrons. The molecule has 4 N–H and O–H groups in total. The van der Waals surface area contributed by atoms with Crippen LogP contribution < -0.4 is 5.73 Å². The van der Waals surface area contributed by atoms with Crippen LogP contribution in [0.15, 0.2) is 12.5 Å². The summed E-state index contributed by atoms with van der Waals surface area (Å²) in [5.74, 6) is -1.90. The van der Waals surface area contributed by atoms with Gasteiger partial charge in [-0.3, -0.25) is 9.59 Å².